The van der Waals surface area contributed by atoms with Gasteiger partial charge in [0.25, 0.3) is 11.8 Å². The van der Waals surface area contributed by atoms with Crippen LogP contribution < -0.4 is 15.6 Å². The van der Waals surface area contributed by atoms with Gasteiger partial charge >= 0.3 is 0 Å². The van der Waals surface area contributed by atoms with Crippen LogP contribution in [0.2, 0.25) is 0 Å². The normalized spacial score (nSPS) is 11.4. The van der Waals surface area contributed by atoms with Gasteiger partial charge in [-0.2, -0.15) is 0 Å². The molecule has 0 spiro atoms. The lowest BCUT2D eigenvalue weighted by Gasteiger charge is -2.09. The number of aryl methyl sites for hydroxylation is 1. The number of carbonyl (C=O) groups is 2. The zero-order valence-electron chi connectivity index (χ0n) is 17.7. The lowest BCUT2D eigenvalue weighted by atomic mass is 10.2. The smallest absolute Gasteiger partial charge is 0.271 e. The maximum absolute atomic E-state index is 12.6. The molecule has 0 atom stereocenters. The highest BCUT2D eigenvalue weighted by Gasteiger charge is 2.17. The van der Waals surface area contributed by atoms with Gasteiger partial charge in [0.15, 0.2) is 0 Å². The number of fused-ring (bicyclic) bond motifs is 1. The number of thiophene rings is 1. The Morgan fingerprint density at radius 3 is 2.39 bits per heavy atom. The predicted octanol–water partition coefficient (Wildman–Crippen LogP) is 2.84. The largest absolute Gasteiger partial charge is 0.350 e. The summed E-state index contributed by atoms with van der Waals surface area (Å²) in [5.41, 5.74) is 6.32. The van der Waals surface area contributed by atoms with E-state index in [1.54, 1.807) is 17.5 Å². The second-order valence-corrected chi connectivity index (χ2v) is 10.1. The van der Waals surface area contributed by atoms with E-state index in [1.165, 1.54) is 24.3 Å². The van der Waals surface area contributed by atoms with Gasteiger partial charge < -0.3 is 4.57 Å². The van der Waals surface area contributed by atoms with E-state index in [0.717, 1.165) is 15.8 Å². The van der Waals surface area contributed by atoms with Crippen LogP contribution in [0, 0.1) is 0 Å². The first-order chi connectivity index (χ1) is 15.8. The zero-order chi connectivity index (χ0) is 23.4. The molecule has 4 aromatic rings. The lowest BCUT2D eigenvalue weighted by molar-refractivity contribution is 0.0847. The number of amides is 2. The molecule has 0 aliphatic heterocycles. The number of aromatic nitrogens is 1. The number of hydrogen-bond donors (Lipinski definition) is 3. The predicted molar refractivity (Wildman–Crippen MR) is 128 cm³/mol. The second kappa shape index (κ2) is 9.57. The molecule has 8 nitrogen and oxygen atoms in total. The summed E-state index contributed by atoms with van der Waals surface area (Å²) >= 11 is 1.57. The summed E-state index contributed by atoms with van der Waals surface area (Å²) in [6.45, 7) is 0.283. The molecule has 3 N–H and O–H groups in total. The molecule has 0 bridgehead atoms. The van der Waals surface area contributed by atoms with Crippen molar-refractivity contribution in [2.45, 2.75) is 11.3 Å². The fourth-order valence-corrected chi connectivity index (χ4v) is 5.15. The average molecular weight is 483 g/mol. The van der Waals surface area contributed by atoms with E-state index in [-0.39, 0.29) is 17.0 Å². The molecule has 4 rings (SSSR count). The SMILES string of the molecule is Cn1cc(C(=O)NNC(=O)c2ccc(S(=O)(=O)NCCc3cccs3)cc2)c2ccccc21. The topological polar surface area (TPSA) is 109 Å². The van der Waals surface area contributed by atoms with Crippen molar-refractivity contribution in [2.75, 3.05) is 6.54 Å². The van der Waals surface area contributed by atoms with Crippen molar-refractivity contribution in [1.82, 2.24) is 20.1 Å². The maximum atomic E-state index is 12.6. The van der Waals surface area contributed by atoms with E-state index in [2.05, 4.69) is 15.6 Å². The van der Waals surface area contributed by atoms with Crippen molar-refractivity contribution in [3.63, 3.8) is 0 Å². The maximum Gasteiger partial charge on any atom is 0.271 e. The minimum Gasteiger partial charge on any atom is -0.350 e. The highest BCUT2D eigenvalue weighted by molar-refractivity contribution is 7.89. The molecule has 0 fully saturated rings. The summed E-state index contributed by atoms with van der Waals surface area (Å²) in [5, 5.41) is 2.71. The molecule has 0 aliphatic rings. The third-order valence-electron chi connectivity index (χ3n) is 5.10. The van der Waals surface area contributed by atoms with Gasteiger partial charge in [-0.3, -0.25) is 20.4 Å². The van der Waals surface area contributed by atoms with Crippen molar-refractivity contribution in [1.29, 1.82) is 0 Å². The summed E-state index contributed by atoms with van der Waals surface area (Å²) in [4.78, 5) is 26.1. The molecule has 0 aliphatic carbocycles. The van der Waals surface area contributed by atoms with Gasteiger partial charge in [0, 0.05) is 41.1 Å². The van der Waals surface area contributed by atoms with Crippen LogP contribution >= 0.6 is 11.3 Å². The monoisotopic (exact) mass is 482 g/mol. The van der Waals surface area contributed by atoms with Crippen LogP contribution in [0.1, 0.15) is 25.6 Å². The first-order valence-corrected chi connectivity index (χ1v) is 12.5. The van der Waals surface area contributed by atoms with Crippen LogP contribution in [-0.4, -0.2) is 31.3 Å². The van der Waals surface area contributed by atoms with E-state index in [1.807, 2.05) is 53.4 Å². The van der Waals surface area contributed by atoms with Gasteiger partial charge in [-0.15, -0.1) is 11.3 Å². The Kier molecular flexibility index (Phi) is 6.59. The molecule has 10 heteroatoms. The van der Waals surface area contributed by atoms with Crippen molar-refractivity contribution in [3.05, 3.63) is 88.2 Å². The Hall–Kier alpha value is -3.47. The molecule has 2 aromatic heterocycles. The van der Waals surface area contributed by atoms with E-state index < -0.39 is 21.8 Å². The summed E-state index contributed by atoms with van der Waals surface area (Å²) in [6.07, 6.45) is 2.30. The molecule has 0 unspecified atom stereocenters. The summed E-state index contributed by atoms with van der Waals surface area (Å²) < 4.78 is 29.3. The molecular weight excluding hydrogens is 460 g/mol. The third-order valence-corrected chi connectivity index (χ3v) is 7.51. The molecule has 170 valence electrons. The van der Waals surface area contributed by atoms with Crippen molar-refractivity contribution >= 4 is 44.1 Å². The zero-order valence-corrected chi connectivity index (χ0v) is 19.4. The van der Waals surface area contributed by atoms with Crippen LogP contribution in [0.15, 0.2) is 77.1 Å². The van der Waals surface area contributed by atoms with Crippen molar-refractivity contribution in [3.8, 4) is 0 Å². The molecule has 0 radical (unpaired) electrons. The van der Waals surface area contributed by atoms with Crippen LogP contribution in [-0.2, 0) is 23.5 Å². The van der Waals surface area contributed by atoms with Gasteiger partial charge in [-0.05, 0) is 48.2 Å². The molecule has 33 heavy (non-hydrogen) atoms. The van der Waals surface area contributed by atoms with Gasteiger partial charge in [0.05, 0.1) is 10.5 Å². The molecule has 0 saturated heterocycles. The number of nitrogens with one attached hydrogen (secondary N) is 3. The van der Waals surface area contributed by atoms with Crippen LogP contribution in [0.4, 0.5) is 0 Å². The van der Waals surface area contributed by atoms with E-state index >= 15 is 0 Å². The van der Waals surface area contributed by atoms with Crippen molar-refractivity contribution in [2.24, 2.45) is 7.05 Å². The minimum atomic E-state index is -3.69. The van der Waals surface area contributed by atoms with Crippen LogP contribution in [0.3, 0.4) is 0 Å². The van der Waals surface area contributed by atoms with E-state index in [9.17, 15) is 18.0 Å². The standard InChI is InChI=1S/C23H22N4O4S2/c1-27-15-20(19-6-2-3-7-21(19)27)23(29)26-25-22(28)16-8-10-18(11-9-16)33(30,31)24-13-12-17-5-4-14-32-17/h2-11,14-15,24H,12-13H2,1H3,(H,25,28)(H,26,29). The summed E-state index contributed by atoms with van der Waals surface area (Å²) in [5.74, 6) is -1.01. The number of hydrazine groups is 1. The van der Waals surface area contributed by atoms with Gasteiger partial charge in [-0.25, -0.2) is 13.1 Å². The highest BCUT2D eigenvalue weighted by atomic mass is 32.2. The van der Waals surface area contributed by atoms with Crippen molar-refractivity contribution < 1.29 is 18.0 Å². The average Bonchev–Trinajstić information content (AvgIpc) is 3.45. The number of carbonyl (C=O) groups excluding carboxylic acids is 2. The number of benzene rings is 2. The second-order valence-electron chi connectivity index (χ2n) is 7.33. The quantitative estimate of drug-likeness (QED) is 0.352. The number of hydrogen-bond acceptors (Lipinski definition) is 5. The molecule has 2 amide bonds. The Bertz CT molecular complexity index is 1390. The molecule has 2 heterocycles. The molecule has 2 aromatic carbocycles. The Morgan fingerprint density at radius 1 is 0.939 bits per heavy atom. The van der Waals surface area contributed by atoms with Gasteiger partial charge in [0.2, 0.25) is 10.0 Å². The summed E-state index contributed by atoms with van der Waals surface area (Å²) in [7, 11) is -1.85. The number of nitrogens with zero attached hydrogens (tertiary/aromatic N) is 1. The number of sulfonamides is 1. The van der Waals surface area contributed by atoms with E-state index in [0.29, 0.717) is 12.0 Å². The highest BCUT2D eigenvalue weighted by Crippen LogP contribution is 2.20. The Labute approximate surface area is 195 Å². The lowest BCUT2D eigenvalue weighted by Crippen LogP contribution is -2.41. The van der Waals surface area contributed by atoms with Gasteiger partial charge in [-0.1, -0.05) is 24.3 Å². The molecular formula is C23H22N4O4S2. The summed E-state index contributed by atoms with van der Waals surface area (Å²) in [6, 6.07) is 16.8. The van der Waals surface area contributed by atoms with Crippen LogP contribution in [0.25, 0.3) is 10.9 Å². The van der Waals surface area contributed by atoms with E-state index in [4.69, 9.17) is 0 Å². The fraction of sp³-hybridized carbons (Fsp3) is 0.130. The third kappa shape index (κ3) is 5.14. The Balaban J connectivity index is 1.35. The number of para-hydroxylation sites is 1. The first-order valence-electron chi connectivity index (χ1n) is 10.1. The molecule has 0 saturated carbocycles. The first kappa shape index (κ1) is 22.7. The fourth-order valence-electron chi connectivity index (χ4n) is 3.41. The van der Waals surface area contributed by atoms with Gasteiger partial charge in [0.1, 0.15) is 0 Å². The van der Waals surface area contributed by atoms with Crippen LogP contribution in [0.5, 0.6) is 0 Å². The Morgan fingerprint density at radius 2 is 1.67 bits per heavy atom. The minimum absolute atomic E-state index is 0.0602. The number of rotatable bonds is 7.